The van der Waals surface area contributed by atoms with Crippen LogP contribution in [0.2, 0.25) is 0 Å². The third kappa shape index (κ3) is 3.68. The first-order chi connectivity index (χ1) is 12.5. The number of sulfone groups is 1. The van der Waals surface area contributed by atoms with Gasteiger partial charge in [0.15, 0.2) is 0 Å². The summed E-state index contributed by atoms with van der Waals surface area (Å²) >= 11 is 0. The van der Waals surface area contributed by atoms with Crippen molar-refractivity contribution in [2.45, 2.75) is 29.6 Å². The van der Waals surface area contributed by atoms with E-state index < -0.39 is 9.84 Å². The van der Waals surface area contributed by atoms with E-state index in [-0.39, 0.29) is 4.90 Å². The van der Waals surface area contributed by atoms with Crippen LogP contribution in [0.3, 0.4) is 0 Å². The molecule has 0 N–H and O–H groups in total. The Labute approximate surface area is 154 Å². The molecule has 0 aliphatic carbocycles. The molecule has 3 aromatic rings. The van der Waals surface area contributed by atoms with Crippen molar-refractivity contribution >= 4 is 9.84 Å². The maximum Gasteiger partial charge on any atom is 0.206 e. The Bertz CT molecular complexity index is 1040. The molecule has 0 radical (unpaired) electrons. The van der Waals surface area contributed by atoms with Gasteiger partial charge in [-0.2, -0.15) is 5.26 Å². The summed E-state index contributed by atoms with van der Waals surface area (Å²) in [6.45, 7) is 2.07. The minimum absolute atomic E-state index is 0.281. The number of benzene rings is 3. The highest BCUT2D eigenvalue weighted by molar-refractivity contribution is 7.91. The van der Waals surface area contributed by atoms with Crippen LogP contribution in [0, 0.1) is 11.3 Å². The van der Waals surface area contributed by atoms with Crippen molar-refractivity contribution in [1.29, 1.82) is 5.26 Å². The molecule has 0 spiro atoms. The van der Waals surface area contributed by atoms with E-state index in [1.54, 1.807) is 54.6 Å². The molecule has 0 aliphatic heterocycles. The van der Waals surface area contributed by atoms with Gasteiger partial charge in [-0.05, 0) is 59.5 Å². The van der Waals surface area contributed by atoms with Crippen LogP contribution in [0.1, 0.15) is 24.5 Å². The molecule has 0 aromatic heterocycles. The van der Waals surface area contributed by atoms with Crippen molar-refractivity contribution in [3.05, 3.63) is 83.9 Å². The van der Waals surface area contributed by atoms with E-state index >= 15 is 0 Å². The van der Waals surface area contributed by atoms with Crippen LogP contribution < -0.4 is 0 Å². The van der Waals surface area contributed by atoms with E-state index in [1.807, 2.05) is 18.2 Å². The lowest BCUT2D eigenvalue weighted by molar-refractivity contribution is 0.596. The van der Waals surface area contributed by atoms with Crippen molar-refractivity contribution in [1.82, 2.24) is 0 Å². The SMILES string of the molecule is CCCc1cccc(S(=O)(=O)c2ccc(-c3ccc(C#N)cc3)cc2)c1. The maximum atomic E-state index is 12.9. The van der Waals surface area contributed by atoms with Crippen LogP contribution in [0.5, 0.6) is 0 Å². The first-order valence-electron chi connectivity index (χ1n) is 8.49. The highest BCUT2D eigenvalue weighted by atomic mass is 32.2. The highest BCUT2D eigenvalue weighted by Crippen LogP contribution is 2.26. The third-order valence-corrected chi connectivity index (χ3v) is 6.03. The molecule has 3 aromatic carbocycles. The largest absolute Gasteiger partial charge is 0.219 e. The lowest BCUT2D eigenvalue weighted by Crippen LogP contribution is -2.02. The standard InChI is InChI=1S/C22H19NO2S/c1-2-4-17-5-3-6-22(15-17)26(24,25)21-13-11-20(12-14-21)19-9-7-18(16-23)8-10-19/h3,5-15H,2,4H2,1H3. The van der Waals surface area contributed by atoms with Gasteiger partial charge < -0.3 is 0 Å². The molecule has 0 amide bonds. The normalized spacial score (nSPS) is 11.1. The van der Waals surface area contributed by atoms with Crippen molar-refractivity contribution in [3.63, 3.8) is 0 Å². The Morgan fingerprint density at radius 3 is 2.04 bits per heavy atom. The third-order valence-electron chi connectivity index (χ3n) is 4.26. The Kier molecular flexibility index (Phi) is 5.20. The number of nitriles is 1. The summed E-state index contributed by atoms with van der Waals surface area (Å²) in [7, 11) is -3.53. The lowest BCUT2D eigenvalue weighted by atomic mass is 10.0. The second-order valence-corrected chi connectivity index (χ2v) is 8.06. The molecular weight excluding hydrogens is 342 g/mol. The van der Waals surface area contributed by atoms with Crippen molar-refractivity contribution in [2.24, 2.45) is 0 Å². The van der Waals surface area contributed by atoms with Gasteiger partial charge in [0.2, 0.25) is 9.84 Å². The molecule has 0 aliphatic rings. The van der Waals surface area contributed by atoms with Crippen LogP contribution in [0.4, 0.5) is 0 Å². The molecule has 4 heteroatoms. The number of hydrogen-bond acceptors (Lipinski definition) is 3. The van der Waals surface area contributed by atoms with Crippen molar-refractivity contribution in [2.75, 3.05) is 0 Å². The van der Waals surface area contributed by atoms with E-state index in [0.717, 1.165) is 29.5 Å². The first kappa shape index (κ1) is 17.9. The van der Waals surface area contributed by atoms with Crippen LogP contribution in [0.15, 0.2) is 82.6 Å². The molecule has 130 valence electrons. The summed E-state index contributed by atoms with van der Waals surface area (Å²) in [5, 5.41) is 8.87. The zero-order chi connectivity index (χ0) is 18.6. The van der Waals surface area contributed by atoms with E-state index in [4.69, 9.17) is 5.26 Å². The first-order valence-corrected chi connectivity index (χ1v) is 9.97. The average molecular weight is 361 g/mol. The van der Waals surface area contributed by atoms with Crippen LogP contribution >= 0.6 is 0 Å². The van der Waals surface area contributed by atoms with Crippen molar-refractivity contribution < 1.29 is 8.42 Å². The molecule has 0 saturated carbocycles. The van der Waals surface area contributed by atoms with Gasteiger partial charge in [-0.15, -0.1) is 0 Å². The van der Waals surface area contributed by atoms with Crippen LogP contribution in [-0.2, 0) is 16.3 Å². The molecule has 0 bridgehead atoms. The van der Waals surface area contributed by atoms with Gasteiger partial charge in [0.05, 0.1) is 21.4 Å². The molecule has 0 atom stereocenters. The predicted octanol–water partition coefficient (Wildman–Crippen LogP) is 5.01. The smallest absolute Gasteiger partial charge is 0.206 e. The van der Waals surface area contributed by atoms with Crippen LogP contribution in [-0.4, -0.2) is 8.42 Å². The monoisotopic (exact) mass is 361 g/mol. The average Bonchev–Trinajstić information content (AvgIpc) is 2.69. The van der Waals surface area contributed by atoms with E-state index in [9.17, 15) is 8.42 Å². The topological polar surface area (TPSA) is 57.9 Å². The van der Waals surface area contributed by atoms with Gasteiger partial charge in [-0.3, -0.25) is 0 Å². The molecular formula is C22H19NO2S. The molecule has 3 rings (SSSR count). The zero-order valence-electron chi connectivity index (χ0n) is 14.5. The van der Waals surface area contributed by atoms with Crippen molar-refractivity contribution in [3.8, 4) is 17.2 Å². The van der Waals surface area contributed by atoms with Gasteiger partial charge in [0.1, 0.15) is 0 Å². The van der Waals surface area contributed by atoms with Gasteiger partial charge in [0.25, 0.3) is 0 Å². The second-order valence-electron chi connectivity index (χ2n) is 6.11. The summed E-state index contributed by atoms with van der Waals surface area (Å²) in [6.07, 6.45) is 1.84. The summed E-state index contributed by atoms with van der Waals surface area (Å²) < 4.78 is 25.8. The van der Waals surface area contributed by atoms with E-state index in [0.29, 0.717) is 10.5 Å². The fraction of sp³-hybridized carbons (Fsp3) is 0.136. The minimum Gasteiger partial charge on any atom is -0.219 e. The Morgan fingerprint density at radius 1 is 0.846 bits per heavy atom. The van der Waals surface area contributed by atoms with Gasteiger partial charge >= 0.3 is 0 Å². The quantitative estimate of drug-likeness (QED) is 0.642. The highest BCUT2D eigenvalue weighted by Gasteiger charge is 2.17. The van der Waals surface area contributed by atoms with Gasteiger partial charge in [-0.1, -0.05) is 49.7 Å². The summed E-state index contributed by atoms with van der Waals surface area (Å²) in [6, 6.07) is 23.3. The Hall–Kier alpha value is -2.90. The lowest BCUT2D eigenvalue weighted by Gasteiger charge is -2.08. The van der Waals surface area contributed by atoms with Crippen LogP contribution in [0.25, 0.3) is 11.1 Å². The second kappa shape index (κ2) is 7.55. The number of aryl methyl sites for hydroxylation is 1. The predicted molar refractivity (Wildman–Crippen MR) is 102 cm³/mol. The maximum absolute atomic E-state index is 12.9. The molecule has 0 unspecified atom stereocenters. The fourth-order valence-electron chi connectivity index (χ4n) is 2.86. The number of rotatable bonds is 5. The van der Waals surface area contributed by atoms with Gasteiger partial charge in [-0.25, -0.2) is 8.42 Å². The fourth-order valence-corrected chi connectivity index (χ4v) is 4.19. The van der Waals surface area contributed by atoms with Gasteiger partial charge in [0, 0.05) is 0 Å². The van der Waals surface area contributed by atoms with E-state index in [2.05, 4.69) is 13.0 Å². The molecule has 0 heterocycles. The summed E-state index contributed by atoms with van der Waals surface area (Å²) in [5.41, 5.74) is 3.48. The molecule has 3 nitrogen and oxygen atoms in total. The minimum atomic E-state index is -3.53. The number of hydrogen-bond donors (Lipinski definition) is 0. The Balaban J connectivity index is 1.91. The Morgan fingerprint density at radius 2 is 1.46 bits per heavy atom. The molecule has 0 fully saturated rings. The van der Waals surface area contributed by atoms with E-state index in [1.165, 1.54) is 0 Å². The summed E-state index contributed by atoms with van der Waals surface area (Å²) in [4.78, 5) is 0.609. The number of nitrogens with zero attached hydrogens (tertiary/aromatic N) is 1. The molecule has 26 heavy (non-hydrogen) atoms. The summed E-state index contributed by atoms with van der Waals surface area (Å²) in [5.74, 6) is 0. The zero-order valence-corrected chi connectivity index (χ0v) is 15.3. The molecule has 0 saturated heterocycles.